The minimum atomic E-state index is -0.205. The van der Waals surface area contributed by atoms with Crippen LogP contribution >= 0.6 is 11.6 Å². The fourth-order valence-corrected chi connectivity index (χ4v) is 4.95. The van der Waals surface area contributed by atoms with Crippen LogP contribution in [0.25, 0.3) is 10.9 Å². The number of anilines is 1. The number of hydrogen-bond donors (Lipinski definition) is 1. The normalized spacial score (nSPS) is 14.1. The molecule has 0 radical (unpaired) electrons. The second kappa shape index (κ2) is 11.4. The first-order chi connectivity index (χ1) is 17.7. The quantitative estimate of drug-likeness (QED) is 0.321. The first-order valence-electron chi connectivity index (χ1n) is 12.5. The molecule has 1 saturated heterocycles. The summed E-state index contributed by atoms with van der Waals surface area (Å²) in [5.41, 5.74) is 3.06. The van der Waals surface area contributed by atoms with Crippen molar-refractivity contribution in [1.29, 1.82) is 0 Å². The van der Waals surface area contributed by atoms with Crippen LogP contribution in [-0.2, 0) is 17.8 Å². The van der Waals surface area contributed by atoms with Crippen LogP contribution in [0.5, 0.6) is 5.75 Å². The zero-order valence-electron chi connectivity index (χ0n) is 20.2. The number of hydrogen-bond acceptors (Lipinski definition) is 4. The number of halogens is 1. The average molecular weight is 500 g/mol. The summed E-state index contributed by atoms with van der Waals surface area (Å²) in [5.74, 6) is 2.07. The minimum absolute atomic E-state index is 0.0830. The predicted octanol–water partition coefficient (Wildman–Crippen LogP) is 6.04. The van der Waals surface area contributed by atoms with Crippen molar-refractivity contribution in [3.05, 3.63) is 101 Å². The molecule has 6 heteroatoms. The lowest BCUT2D eigenvalue weighted by Gasteiger charge is -2.33. The molecule has 5 nitrogen and oxygen atoms in total. The number of nitrogens with one attached hydrogen (secondary N) is 1. The maximum Gasteiger partial charge on any atom is 0.258 e. The van der Waals surface area contributed by atoms with Gasteiger partial charge in [0.25, 0.3) is 5.91 Å². The van der Waals surface area contributed by atoms with E-state index in [-0.39, 0.29) is 12.5 Å². The lowest BCUT2D eigenvalue weighted by atomic mass is 9.90. The summed E-state index contributed by atoms with van der Waals surface area (Å²) in [4.78, 5) is 19.7. The molecule has 0 aliphatic carbocycles. The molecule has 1 amide bonds. The summed E-state index contributed by atoms with van der Waals surface area (Å²) >= 11 is 6.17. The summed E-state index contributed by atoms with van der Waals surface area (Å²) in [6.07, 6.45) is 3.44. The average Bonchev–Trinajstić information content (AvgIpc) is 2.92. The molecule has 0 atom stereocenters. The SMILES string of the molecule is O=C(COc1cccc2ccc(N3CCC(Cc4ccccc4)CC3)nc12)NCc1ccccc1Cl. The second-order valence-corrected chi connectivity index (χ2v) is 9.68. The molecule has 3 aromatic carbocycles. The molecule has 0 unspecified atom stereocenters. The number of rotatable bonds is 8. The summed E-state index contributed by atoms with van der Waals surface area (Å²) in [6, 6.07) is 28.2. The maximum absolute atomic E-state index is 12.4. The lowest BCUT2D eigenvalue weighted by Crippen LogP contribution is -2.34. The van der Waals surface area contributed by atoms with Gasteiger partial charge in [-0.15, -0.1) is 0 Å². The van der Waals surface area contributed by atoms with Crippen LogP contribution in [0.3, 0.4) is 0 Å². The lowest BCUT2D eigenvalue weighted by molar-refractivity contribution is -0.123. The van der Waals surface area contributed by atoms with Crippen molar-refractivity contribution in [1.82, 2.24) is 10.3 Å². The van der Waals surface area contributed by atoms with E-state index in [4.69, 9.17) is 21.3 Å². The van der Waals surface area contributed by atoms with E-state index in [2.05, 4.69) is 52.7 Å². The topological polar surface area (TPSA) is 54.5 Å². The third kappa shape index (κ3) is 5.97. The fraction of sp³-hybridized carbons (Fsp3) is 0.267. The van der Waals surface area contributed by atoms with Gasteiger partial charge in [0.05, 0.1) is 0 Å². The Hall–Kier alpha value is -3.57. The van der Waals surface area contributed by atoms with Gasteiger partial charge in [0, 0.05) is 30.0 Å². The number of benzene rings is 3. The third-order valence-electron chi connectivity index (χ3n) is 6.77. The van der Waals surface area contributed by atoms with Crippen LogP contribution < -0.4 is 15.0 Å². The summed E-state index contributed by atoms with van der Waals surface area (Å²) in [6.45, 7) is 2.26. The van der Waals surface area contributed by atoms with Crippen molar-refractivity contribution in [3.63, 3.8) is 0 Å². The standard InChI is InChI=1S/C30H30ClN3O2/c31-26-11-5-4-9-25(26)20-32-29(35)21-36-27-12-6-10-24-13-14-28(33-30(24)27)34-17-15-23(16-18-34)19-22-7-2-1-3-8-22/h1-14,23H,15-21H2,(H,32,35). The van der Waals surface area contributed by atoms with Gasteiger partial charge in [-0.2, -0.15) is 0 Å². The fourth-order valence-electron chi connectivity index (χ4n) is 4.75. The zero-order chi connectivity index (χ0) is 24.7. The van der Waals surface area contributed by atoms with Crippen molar-refractivity contribution in [2.45, 2.75) is 25.8 Å². The molecule has 1 fully saturated rings. The van der Waals surface area contributed by atoms with Gasteiger partial charge in [-0.3, -0.25) is 4.79 Å². The van der Waals surface area contributed by atoms with Crippen molar-refractivity contribution in [2.24, 2.45) is 5.92 Å². The Balaban J connectivity index is 1.20. The number of fused-ring (bicyclic) bond motifs is 1. The molecule has 2 heterocycles. The second-order valence-electron chi connectivity index (χ2n) is 9.27. The van der Waals surface area contributed by atoms with Gasteiger partial charge < -0.3 is 15.0 Å². The highest BCUT2D eigenvalue weighted by atomic mass is 35.5. The van der Waals surface area contributed by atoms with Gasteiger partial charge >= 0.3 is 0 Å². The zero-order valence-corrected chi connectivity index (χ0v) is 21.0. The van der Waals surface area contributed by atoms with Crippen LogP contribution in [0.15, 0.2) is 84.9 Å². The molecule has 0 bridgehead atoms. The first kappa shape index (κ1) is 24.1. The number of piperidine rings is 1. The number of nitrogens with zero attached hydrogens (tertiary/aromatic N) is 2. The predicted molar refractivity (Wildman–Crippen MR) is 146 cm³/mol. The number of aromatic nitrogens is 1. The van der Waals surface area contributed by atoms with Crippen molar-refractivity contribution in [3.8, 4) is 5.75 Å². The van der Waals surface area contributed by atoms with Crippen molar-refractivity contribution >= 4 is 34.2 Å². The molecule has 36 heavy (non-hydrogen) atoms. The van der Waals surface area contributed by atoms with Crippen molar-refractivity contribution in [2.75, 3.05) is 24.6 Å². The van der Waals surface area contributed by atoms with Crippen molar-refractivity contribution < 1.29 is 9.53 Å². The van der Waals surface area contributed by atoms with E-state index in [0.717, 1.165) is 54.6 Å². The molecule has 4 aromatic rings. The van der Waals surface area contributed by atoms with Gasteiger partial charge in [0.1, 0.15) is 17.1 Å². The monoisotopic (exact) mass is 499 g/mol. The Morgan fingerprint density at radius 3 is 2.53 bits per heavy atom. The van der Waals surface area contributed by atoms with E-state index in [1.807, 2.05) is 42.5 Å². The maximum atomic E-state index is 12.4. The van der Waals surface area contributed by atoms with Gasteiger partial charge in [-0.25, -0.2) is 4.98 Å². The Labute approximate surface area is 217 Å². The molecule has 0 spiro atoms. The van der Waals surface area contributed by atoms with E-state index in [9.17, 15) is 4.79 Å². The van der Waals surface area contributed by atoms with Crippen LogP contribution in [0.2, 0.25) is 5.02 Å². The Kier molecular flexibility index (Phi) is 7.67. The van der Waals surface area contributed by atoms with Crippen LogP contribution in [0.1, 0.15) is 24.0 Å². The van der Waals surface area contributed by atoms with Crippen LogP contribution in [0.4, 0.5) is 5.82 Å². The largest absolute Gasteiger partial charge is 0.481 e. The third-order valence-corrected chi connectivity index (χ3v) is 7.14. The highest BCUT2D eigenvalue weighted by Crippen LogP contribution is 2.29. The van der Waals surface area contributed by atoms with Gasteiger partial charge in [0.2, 0.25) is 0 Å². The van der Waals surface area contributed by atoms with Gasteiger partial charge in [0.15, 0.2) is 6.61 Å². The molecule has 1 N–H and O–H groups in total. The number of amides is 1. The molecule has 1 aromatic heterocycles. The van der Waals surface area contributed by atoms with E-state index in [0.29, 0.717) is 23.2 Å². The van der Waals surface area contributed by atoms with Gasteiger partial charge in [-0.05, 0) is 60.6 Å². The number of para-hydroxylation sites is 1. The molecular weight excluding hydrogens is 470 g/mol. The van der Waals surface area contributed by atoms with E-state index < -0.39 is 0 Å². The number of carbonyl (C=O) groups is 1. The molecule has 1 aliphatic rings. The molecular formula is C30H30ClN3O2. The molecule has 5 rings (SSSR count). The van der Waals surface area contributed by atoms with E-state index in [1.165, 1.54) is 5.56 Å². The summed E-state index contributed by atoms with van der Waals surface area (Å²) in [7, 11) is 0. The van der Waals surface area contributed by atoms with Crippen LogP contribution in [0, 0.1) is 5.92 Å². The van der Waals surface area contributed by atoms with E-state index in [1.54, 1.807) is 0 Å². The Morgan fingerprint density at radius 1 is 0.944 bits per heavy atom. The Morgan fingerprint density at radius 2 is 1.72 bits per heavy atom. The minimum Gasteiger partial charge on any atom is -0.481 e. The highest BCUT2D eigenvalue weighted by Gasteiger charge is 2.21. The molecule has 184 valence electrons. The van der Waals surface area contributed by atoms with Crippen LogP contribution in [-0.4, -0.2) is 30.6 Å². The summed E-state index contributed by atoms with van der Waals surface area (Å²) < 4.78 is 5.90. The Bertz CT molecular complexity index is 1320. The number of ether oxygens (including phenoxy) is 1. The summed E-state index contributed by atoms with van der Waals surface area (Å²) in [5, 5.41) is 4.49. The van der Waals surface area contributed by atoms with E-state index >= 15 is 0 Å². The highest BCUT2D eigenvalue weighted by molar-refractivity contribution is 6.31. The number of carbonyl (C=O) groups excluding carboxylic acids is 1. The van der Waals surface area contributed by atoms with Gasteiger partial charge in [-0.1, -0.05) is 72.3 Å². The molecule has 1 aliphatic heterocycles. The smallest absolute Gasteiger partial charge is 0.258 e. The first-order valence-corrected chi connectivity index (χ1v) is 12.8. The molecule has 0 saturated carbocycles. The number of pyridine rings is 1.